The Labute approximate surface area is 233 Å². The molecule has 12 heteroatoms. The van der Waals surface area contributed by atoms with Crippen LogP contribution in [0.25, 0.3) is 11.3 Å². The zero-order chi connectivity index (χ0) is 29.1. The van der Waals surface area contributed by atoms with E-state index in [2.05, 4.69) is 10.6 Å². The van der Waals surface area contributed by atoms with E-state index in [0.29, 0.717) is 48.0 Å². The summed E-state index contributed by atoms with van der Waals surface area (Å²) in [7, 11) is -2.98. The van der Waals surface area contributed by atoms with Crippen molar-refractivity contribution < 1.29 is 38.2 Å². The number of carbonyl (C=O) groups excluding carboxylic acids is 3. The van der Waals surface area contributed by atoms with Crippen molar-refractivity contribution in [3.63, 3.8) is 0 Å². The van der Waals surface area contributed by atoms with Crippen molar-refractivity contribution in [2.24, 2.45) is 5.92 Å². The van der Waals surface area contributed by atoms with E-state index in [9.17, 15) is 29.0 Å². The lowest BCUT2D eigenvalue weighted by molar-refractivity contribution is -0.168. The molecule has 40 heavy (non-hydrogen) atoms. The highest BCUT2D eigenvalue weighted by Crippen LogP contribution is 2.28. The molecular formula is C28H34N3O8P. The van der Waals surface area contributed by atoms with Crippen molar-refractivity contribution in [2.45, 2.75) is 39.2 Å². The summed E-state index contributed by atoms with van der Waals surface area (Å²) < 4.78 is 22.8. The Balaban J connectivity index is 1.65. The topological polar surface area (TPSA) is 158 Å². The smallest absolute Gasteiger partial charge is 0.288 e. The van der Waals surface area contributed by atoms with E-state index in [4.69, 9.17) is 9.15 Å². The molecule has 3 atom stereocenters. The highest BCUT2D eigenvalue weighted by atomic mass is 31.1. The Morgan fingerprint density at radius 1 is 1.10 bits per heavy atom. The third kappa shape index (κ3) is 8.29. The van der Waals surface area contributed by atoms with Crippen molar-refractivity contribution in [1.29, 1.82) is 0 Å². The van der Waals surface area contributed by atoms with Gasteiger partial charge in [-0.2, -0.15) is 0 Å². The summed E-state index contributed by atoms with van der Waals surface area (Å²) in [6.07, 6.45) is 1.56. The summed E-state index contributed by atoms with van der Waals surface area (Å²) >= 11 is 0. The summed E-state index contributed by atoms with van der Waals surface area (Å²) in [6.45, 7) is 3.71. The SMILES string of the molecule is CCOc1cc(-c2ccc(C(=O)NCNC(=O)[C@H](CCc3ccccc3)[C@@H](CC)N(O)C=O)o2)cc([PH](=O)O)c1. The number of rotatable bonds is 15. The van der Waals surface area contributed by atoms with Gasteiger partial charge in [-0.05, 0) is 62.1 Å². The first-order chi connectivity index (χ1) is 19.3. The van der Waals surface area contributed by atoms with Crippen molar-refractivity contribution in [2.75, 3.05) is 13.3 Å². The third-order valence-electron chi connectivity index (χ3n) is 6.34. The Bertz CT molecular complexity index is 1310. The van der Waals surface area contributed by atoms with E-state index in [0.717, 1.165) is 5.56 Å². The highest BCUT2D eigenvalue weighted by molar-refractivity contribution is 7.47. The Morgan fingerprint density at radius 3 is 2.50 bits per heavy atom. The number of ether oxygens (including phenoxy) is 1. The summed E-state index contributed by atoms with van der Waals surface area (Å²) in [6, 6.07) is 16.4. The van der Waals surface area contributed by atoms with Gasteiger partial charge < -0.3 is 24.7 Å². The van der Waals surface area contributed by atoms with Gasteiger partial charge in [-0.25, -0.2) is 5.06 Å². The fourth-order valence-electron chi connectivity index (χ4n) is 4.36. The minimum Gasteiger partial charge on any atom is -0.494 e. The Morgan fingerprint density at radius 2 is 1.85 bits per heavy atom. The van der Waals surface area contributed by atoms with Gasteiger partial charge in [0.25, 0.3) is 5.91 Å². The lowest BCUT2D eigenvalue weighted by atomic mass is 9.90. The molecule has 0 saturated heterocycles. The van der Waals surface area contributed by atoms with Crippen LogP contribution in [-0.4, -0.2) is 52.7 Å². The van der Waals surface area contributed by atoms with Crippen LogP contribution in [0.4, 0.5) is 0 Å². The molecule has 0 aliphatic rings. The van der Waals surface area contributed by atoms with Crippen LogP contribution in [0.1, 0.15) is 42.8 Å². The Kier molecular flexibility index (Phi) is 11.5. The van der Waals surface area contributed by atoms with Crippen LogP contribution in [0.3, 0.4) is 0 Å². The van der Waals surface area contributed by atoms with Crippen LogP contribution in [0.15, 0.2) is 65.1 Å². The molecule has 214 valence electrons. The van der Waals surface area contributed by atoms with E-state index in [1.54, 1.807) is 26.0 Å². The second kappa shape index (κ2) is 15.0. The molecule has 0 aliphatic carbocycles. The van der Waals surface area contributed by atoms with Gasteiger partial charge in [-0.15, -0.1) is 0 Å². The van der Waals surface area contributed by atoms with Gasteiger partial charge in [0.05, 0.1) is 25.2 Å². The largest absolute Gasteiger partial charge is 0.494 e. The maximum Gasteiger partial charge on any atom is 0.288 e. The molecule has 0 aliphatic heterocycles. The van der Waals surface area contributed by atoms with Crippen LogP contribution >= 0.6 is 8.03 Å². The molecule has 0 fully saturated rings. The van der Waals surface area contributed by atoms with Crippen molar-refractivity contribution in [3.05, 3.63) is 72.0 Å². The first-order valence-electron chi connectivity index (χ1n) is 12.9. The van der Waals surface area contributed by atoms with Crippen molar-refractivity contribution in [1.82, 2.24) is 15.7 Å². The molecule has 3 amide bonds. The minimum absolute atomic E-state index is 0.0289. The van der Waals surface area contributed by atoms with Crippen LogP contribution in [0.2, 0.25) is 0 Å². The summed E-state index contributed by atoms with van der Waals surface area (Å²) in [4.78, 5) is 46.5. The first-order valence-corrected chi connectivity index (χ1v) is 14.3. The number of carbonyl (C=O) groups is 3. The van der Waals surface area contributed by atoms with Gasteiger partial charge in [-0.1, -0.05) is 37.3 Å². The molecule has 0 radical (unpaired) electrons. The normalized spacial score (nSPS) is 13.1. The molecule has 3 rings (SSSR count). The molecule has 1 aromatic heterocycles. The van der Waals surface area contributed by atoms with E-state index in [1.807, 2.05) is 30.3 Å². The molecule has 4 N–H and O–H groups in total. The lowest BCUT2D eigenvalue weighted by Gasteiger charge is -2.29. The molecule has 0 bridgehead atoms. The third-order valence-corrected chi connectivity index (χ3v) is 7.13. The first kappa shape index (κ1) is 30.6. The quantitative estimate of drug-likeness (QED) is 0.0712. The predicted octanol–water partition coefficient (Wildman–Crippen LogP) is 3.12. The van der Waals surface area contributed by atoms with Crippen molar-refractivity contribution in [3.8, 4) is 17.1 Å². The number of hydrogen-bond donors (Lipinski definition) is 4. The fourth-order valence-corrected chi connectivity index (χ4v) is 4.90. The number of hydroxylamine groups is 2. The van der Waals surface area contributed by atoms with E-state index >= 15 is 0 Å². The van der Waals surface area contributed by atoms with Gasteiger partial charge in [0.1, 0.15) is 11.5 Å². The summed E-state index contributed by atoms with van der Waals surface area (Å²) in [5, 5.41) is 16.0. The number of nitrogens with one attached hydrogen (secondary N) is 2. The minimum atomic E-state index is -2.98. The van der Waals surface area contributed by atoms with Crippen LogP contribution in [-0.2, 0) is 20.6 Å². The molecular weight excluding hydrogens is 537 g/mol. The zero-order valence-electron chi connectivity index (χ0n) is 22.3. The average molecular weight is 572 g/mol. The number of aryl methyl sites for hydroxylation is 1. The van der Waals surface area contributed by atoms with Crippen LogP contribution in [0.5, 0.6) is 5.75 Å². The number of furan rings is 1. The number of amides is 3. The number of nitrogens with zero attached hydrogens (tertiary/aromatic N) is 1. The molecule has 2 aromatic carbocycles. The number of hydrogen-bond acceptors (Lipinski definition) is 7. The fraction of sp³-hybridized carbons (Fsp3) is 0.321. The van der Waals surface area contributed by atoms with Gasteiger partial charge in [-0.3, -0.25) is 24.2 Å². The standard InChI is InChI=1S/C28H34N3O8P/c1-3-24(31(35)18-32)23(11-10-19-8-6-5-7-9-19)27(33)29-17-30-28(34)26-13-12-25(39-26)20-14-21(38-4-2)16-22(15-20)40(36)37/h5-9,12-16,18,23-24,35,40H,3-4,10-11,17H2,1-2H3,(H,29,33)(H,30,34)(H,36,37)/t23-,24-/m1/s1. The van der Waals surface area contributed by atoms with Crippen LogP contribution < -0.4 is 20.7 Å². The molecule has 0 saturated carbocycles. The van der Waals surface area contributed by atoms with Gasteiger partial charge in [0.15, 0.2) is 5.76 Å². The zero-order valence-corrected chi connectivity index (χ0v) is 23.3. The van der Waals surface area contributed by atoms with Gasteiger partial charge in [0, 0.05) is 10.9 Å². The molecule has 3 aromatic rings. The van der Waals surface area contributed by atoms with E-state index in [-0.39, 0.29) is 24.1 Å². The predicted molar refractivity (Wildman–Crippen MR) is 149 cm³/mol. The van der Waals surface area contributed by atoms with Gasteiger partial charge in [0.2, 0.25) is 20.3 Å². The van der Waals surface area contributed by atoms with E-state index in [1.165, 1.54) is 18.2 Å². The maximum absolute atomic E-state index is 13.1. The maximum atomic E-state index is 13.1. The van der Waals surface area contributed by atoms with Crippen LogP contribution in [0, 0.1) is 5.92 Å². The molecule has 11 nitrogen and oxygen atoms in total. The second-order valence-corrected chi connectivity index (χ2v) is 10.2. The molecule has 0 spiro atoms. The molecule has 1 heterocycles. The Hall–Kier alpha value is -3.92. The summed E-state index contributed by atoms with van der Waals surface area (Å²) in [5.41, 5.74) is 1.48. The summed E-state index contributed by atoms with van der Waals surface area (Å²) in [5.74, 6) is -1.08. The van der Waals surface area contributed by atoms with Gasteiger partial charge >= 0.3 is 0 Å². The second-order valence-electron chi connectivity index (χ2n) is 8.96. The molecule has 1 unspecified atom stereocenters. The lowest BCUT2D eigenvalue weighted by Crippen LogP contribution is -2.47. The number of benzene rings is 2. The van der Waals surface area contributed by atoms with E-state index < -0.39 is 31.8 Å². The highest BCUT2D eigenvalue weighted by Gasteiger charge is 2.31. The average Bonchev–Trinajstić information content (AvgIpc) is 3.46. The van der Waals surface area contributed by atoms with Crippen molar-refractivity contribution >= 4 is 31.6 Å². The monoisotopic (exact) mass is 571 g/mol.